The van der Waals surface area contributed by atoms with Crippen molar-refractivity contribution in [3.63, 3.8) is 0 Å². The quantitative estimate of drug-likeness (QED) is 0.762. The molecule has 4 nitrogen and oxygen atoms in total. The first kappa shape index (κ1) is 13.7. The zero-order chi connectivity index (χ0) is 13.0. The van der Waals surface area contributed by atoms with Gasteiger partial charge in [0.15, 0.2) is 0 Å². The summed E-state index contributed by atoms with van der Waals surface area (Å²) in [5.74, 6) is -1.76. The van der Waals surface area contributed by atoms with Crippen molar-refractivity contribution in [2.45, 2.75) is 32.6 Å². The van der Waals surface area contributed by atoms with Crippen LogP contribution in [0.15, 0.2) is 12.2 Å². The summed E-state index contributed by atoms with van der Waals surface area (Å²) in [4.78, 5) is 24.9. The van der Waals surface area contributed by atoms with Gasteiger partial charge in [0.05, 0.1) is 11.8 Å². The Morgan fingerprint density at radius 2 is 1.82 bits per heavy atom. The minimum Gasteiger partial charge on any atom is -0.481 e. The van der Waals surface area contributed by atoms with Gasteiger partial charge in [-0.3, -0.25) is 9.59 Å². The van der Waals surface area contributed by atoms with Crippen molar-refractivity contribution in [3.05, 3.63) is 12.2 Å². The maximum atomic E-state index is 12.2. The number of carboxylic acids is 1. The average Bonchev–Trinajstić information content (AvgIpc) is 2.27. The average molecular weight is 239 g/mol. The Hall–Kier alpha value is -1.32. The molecule has 2 unspecified atom stereocenters. The lowest BCUT2D eigenvalue weighted by molar-refractivity contribution is -0.151. The second-order valence-corrected chi connectivity index (χ2v) is 4.99. The Bertz CT molecular complexity index is 325. The highest BCUT2D eigenvalue weighted by molar-refractivity contribution is 5.85. The lowest BCUT2D eigenvalue weighted by Crippen LogP contribution is -2.41. The molecular formula is C13H21NO3. The number of amides is 1. The van der Waals surface area contributed by atoms with E-state index >= 15 is 0 Å². The van der Waals surface area contributed by atoms with E-state index in [1.165, 1.54) is 0 Å². The lowest BCUT2D eigenvalue weighted by atomic mass is 9.78. The topological polar surface area (TPSA) is 57.6 Å². The summed E-state index contributed by atoms with van der Waals surface area (Å²) >= 11 is 0. The fourth-order valence-electron chi connectivity index (χ4n) is 2.49. The molecule has 4 heteroatoms. The highest BCUT2D eigenvalue weighted by atomic mass is 16.4. The van der Waals surface area contributed by atoms with E-state index in [2.05, 4.69) is 6.58 Å². The van der Waals surface area contributed by atoms with Gasteiger partial charge in [-0.2, -0.15) is 0 Å². The molecule has 1 fully saturated rings. The number of nitrogens with zero attached hydrogens (tertiary/aromatic N) is 1. The highest BCUT2D eigenvalue weighted by Crippen LogP contribution is 2.31. The molecule has 0 saturated heterocycles. The summed E-state index contributed by atoms with van der Waals surface area (Å²) in [5.41, 5.74) is 0.906. The summed E-state index contributed by atoms with van der Waals surface area (Å²) in [6.45, 7) is 6.13. The minimum absolute atomic E-state index is 0.0555. The van der Waals surface area contributed by atoms with E-state index in [0.29, 0.717) is 19.4 Å². The van der Waals surface area contributed by atoms with Gasteiger partial charge in [-0.15, -0.1) is 0 Å². The molecule has 1 aliphatic rings. The van der Waals surface area contributed by atoms with Gasteiger partial charge in [0, 0.05) is 13.6 Å². The smallest absolute Gasteiger partial charge is 0.307 e. The van der Waals surface area contributed by atoms with Crippen LogP contribution in [-0.2, 0) is 9.59 Å². The van der Waals surface area contributed by atoms with Crippen molar-refractivity contribution < 1.29 is 14.7 Å². The number of carbonyl (C=O) groups excluding carboxylic acids is 1. The Labute approximate surface area is 102 Å². The SMILES string of the molecule is C=C(C)CN(C)C(=O)C1CCCCC1C(=O)O. The van der Waals surface area contributed by atoms with Gasteiger partial charge >= 0.3 is 5.97 Å². The maximum Gasteiger partial charge on any atom is 0.307 e. The highest BCUT2D eigenvalue weighted by Gasteiger charge is 2.36. The number of aliphatic carboxylic acids is 1. The number of carboxylic acid groups (broad SMARTS) is 1. The molecule has 2 atom stereocenters. The first-order valence-electron chi connectivity index (χ1n) is 6.05. The van der Waals surface area contributed by atoms with Crippen LogP contribution in [0.4, 0.5) is 0 Å². The summed E-state index contributed by atoms with van der Waals surface area (Å²) in [5, 5.41) is 9.13. The van der Waals surface area contributed by atoms with Gasteiger partial charge in [0.25, 0.3) is 0 Å². The number of rotatable bonds is 4. The fraction of sp³-hybridized carbons (Fsp3) is 0.692. The van der Waals surface area contributed by atoms with Crippen LogP contribution in [-0.4, -0.2) is 35.5 Å². The molecule has 0 aliphatic heterocycles. The molecule has 1 amide bonds. The predicted molar refractivity (Wildman–Crippen MR) is 65.5 cm³/mol. The predicted octanol–water partition coefficient (Wildman–Crippen LogP) is 1.91. The van der Waals surface area contributed by atoms with Crippen LogP contribution in [0.2, 0.25) is 0 Å². The van der Waals surface area contributed by atoms with Crippen LogP contribution in [0.1, 0.15) is 32.6 Å². The van der Waals surface area contributed by atoms with E-state index in [-0.39, 0.29) is 11.8 Å². The van der Waals surface area contributed by atoms with Crippen LogP contribution >= 0.6 is 0 Å². The molecule has 0 heterocycles. The van der Waals surface area contributed by atoms with Gasteiger partial charge in [0.2, 0.25) is 5.91 Å². The third-order valence-corrected chi connectivity index (χ3v) is 3.28. The largest absolute Gasteiger partial charge is 0.481 e. The summed E-state index contributed by atoms with van der Waals surface area (Å²) in [7, 11) is 1.71. The normalized spacial score (nSPS) is 24.1. The lowest BCUT2D eigenvalue weighted by Gasteiger charge is -2.31. The molecule has 0 aromatic carbocycles. The van der Waals surface area contributed by atoms with Gasteiger partial charge in [-0.1, -0.05) is 25.0 Å². The number of likely N-dealkylation sites (N-methyl/N-ethyl adjacent to an activating group) is 1. The third kappa shape index (κ3) is 3.58. The van der Waals surface area contributed by atoms with Crippen LogP contribution in [0.5, 0.6) is 0 Å². The molecule has 1 aliphatic carbocycles. The monoisotopic (exact) mass is 239 g/mol. The van der Waals surface area contributed by atoms with Crippen molar-refractivity contribution in [2.24, 2.45) is 11.8 Å². The van der Waals surface area contributed by atoms with Crippen LogP contribution in [0, 0.1) is 11.8 Å². The molecule has 0 radical (unpaired) electrons. The number of carbonyl (C=O) groups is 2. The summed E-state index contributed by atoms with van der Waals surface area (Å²) < 4.78 is 0. The Kier molecular flexibility index (Phi) is 4.73. The molecular weight excluding hydrogens is 218 g/mol. The Morgan fingerprint density at radius 3 is 2.29 bits per heavy atom. The minimum atomic E-state index is -0.841. The van der Waals surface area contributed by atoms with Crippen molar-refractivity contribution in [1.29, 1.82) is 0 Å². The van der Waals surface area contributed by atoms with Crippen molar-refractivity contribution in [3.8, 4) is 0 Å². The zero-order valence-electron chi connectivity index (χ0n) is 10.6. The second-order valence-electron chi connectivity index (χ2n) is 4.99. The van der Waals surface area contributed by atoms with E-state index < -0.39 is 11.9 Å². The molecule has 0 aromatic heterocycles. The maximum absolute atomic E-state index is 12.2. The van der Waals surface area contributed by atoms with Gasteiger partial charge < -0.3 is 10.0 Å². The van der Waals surface area contributed by atoms with Crippen LogP contribution < -0.4 is 0 Å². The molecule has 96 valence electrons. The molecule has 1 saturated carbocycles. The molecule has 0 bridgehead atoms. The van der Waals surface area contributed by atoms with Gasteiger partial charge in [0.1, 0.15) is 0 Å². The zero-order valence-corrected chi connectivity index (χ0v) is 10.6. The Morgan fingerprint density at radius 1 is 1.29 bits per heavy atom. The first-order valence-corrected chi connectivity index (χ1v) is 6.05. The van der Waals surface area contributed by atoms with Crippen LogP contribution in [0.25, 0.3) is 0 Å². The van der Waals surface area contributed by atoms with E-state index in [4.69, 9.17) is 5.11 Å². The number of hydrogen-bond donors (Lipinski definition) is 1. The van der Waals surface area contributed by atoms with E-state index in [1.54, 1.807) is 11.9 Å². The number of hydrogen-bond acceptors (Lipinski definition) is 2. The van der Waals surface area contributed by atoms with Crippen LogP contribution in [0.3, 0.4) is 0 Å². The molecule has 0 spiro atoms. The van der Waals surface area contributed by atoms with E-state index in [1.807, 2.05) is 6.92 Å². The first-order chi connectivity index (χ1) is 7.93. The molecule has 1 rings (SSSR count). The van der Waals surface area contributed by atoms with Crippen molar-refractivity contribution in [2.75, 3.05) is 13.6 Å². The standard InChI is InChI=1S/C13H21NO3/c1-9(2)8-14(3)12(15)10-6-4-5-7-11(10)13(16)17/h10-11H,1,4-8H2,2-3H3,(H,16,17). The third-order valence-electron chi connectivity index (χ3n) is 3.28. The molecule has 1 N–H and O–H groups in total. The molecule has 17 heavy (non-hydrogen) atoms. The van der Waals surface area contributed by atoms with Crippen molar-refractivity contribution >= 4 is 11.9 Å². The summed E-state index contributed by atoms with van der Waals surface area (Å²) in [6, 6.07) is 0. The second kappa shape index (κ2) is 5.84. The van der Waals surface area contributed by atoms with Gasteiger partial charge in [-0.25, -0.2) is 0 Å². The van der Waals surface area contributed by atoms with E-state index in [9.17, 15) is 9.59 Å². The van der Waals surface area contributed by atoms with Crippen molar-refractivity contribution in [1.82, 2.24) is 4.90 Å². The Balaban J connectivity index is 2.70. The van der Waals surface area contributed by atoms with Gasteiger partial charge in [-0.05, 0) is 19.8 Å². The molecule has 0 aromatic rings. The summed E-state index contributed by atoms with van der Waals surface area (Å²) in [6.07, 6.45) is 3.16. The van der Waals surface area contributed by atoms with E-state index in [0.717, 1.165) is 18.4 Å². The fourth-order valence-corrected chi connectivity index (χ4v) is 2.49.